The van der Waals surface area contributed by atoms with Crippen LogP contribution in [0.1, 0.15) is 46.6 Å². The molecule has 0 N–H and O–H groups in total. The van der Waals surface area contributed by atoms with E-state index in [0.717, 1.165) is 0 Å². The summed E-state index contributed by atoms with van der Waals surface area (Å²) in [6.07, 6.45) is 2.78. The Balaban J connectivity index is 0.000000304. The SMILES string of the molecule is CC(C)OOC(C)C.CCCc1ccccc1. The lowest BCUT2D eigenvalue weighted by Crippen LogP contribution is -2.08. The highest BCUT2D eigenvalue weighted by Gasteiger charge is 1.95. The summed E-state index contributed by atoms with van der Waals surface area (Å²) >= 11 is 0. The molecule has 0 radical (unpaired) electrons. The third-order valence-corrected chi connectivity index (χ3v) is 1.82. The lowest BCUT2D eigenvalue weighted by molar-refractivity contribution is -0.337. The largest absolute Gasteiger partial charge is 0.234 e. The van der Waals surface area contributed by atoms with E-state index in [-0.39, 0.29) is 12.2 Å². The predicted octanol–water partition coefficient (Wildman–Crippen LogP) is 4.39. The number of hydrogen-bond donors (Lipinski definition) is 0. The first-order valence-corrected chi connectivity index (χ1v) is 6.42. The van der Waals surface area contributed by atoms with Gasteiger partial charge in [-0.25, -0.2) is 9.78 Å². The summed E-state index contributed by atoms with van der Waals surface area (Å²) in [5.41, 5.74) is 1.44. The fourth-order valence-corrected chi connectivity index (χ4v) is 1.16. The van der Waals surface area contributed by atoms with Crippen LogP contribution in [0.5, 0.6) is 0 Å². The maximum atomic E-state index is 4.80. The van der Waals surface area contributed by atoms with Crippen LogP contribution in [-0.2, 0) is 16.2 Å². The van der Waals surface area contributed by atoms with Gasteiger partial charge in [0.25, 0.3) is 0 Å². The molecule has 1 aromatic carbocycles. The number of rotatable bonds is 5. The molecule has 0 saturated carbocycles. The van der Waals surface area contributed by atoms with Crippen molar-refractivity contribution in [3.8, 4) is 0 Å². The molecule has 0 saturated heterocycles. The molecule has 0 aliphatic carbocycles. The molecule has 17 heavy (non-hydrogen) atoms. The highest BCUT2D eigenvalue weighted by Crippen LogP contribution is 2.00. The highest BCUT2D eigenvalue weighted by atomic mass is 17.2. The van der Waals surface area contributed by atoms with Crippen molar-refractivity contribution in [3.05, 3.63) is 35.9 Å². The summed E-state index contributed by atoms with van der Waals surface area (Å²) in [7, 11) is 0. The molecular formula is C15H26O2. The number of hydrogen-bond acceptors (Lipinski definition) is 2. The van der Waals surface area contributed by atoms with Crippen LogP contribution < -0.4 is 0 Å². The van der Waals surface area contributed by atoms with Gasteiger partial charge in [0.05, 0.1) is 12.2 Å². The molecule has 1 rings (SSSR count). The van der Waals surface area contributed by atoms with E-state index in [2.05, 4.69) is 37.3 Å². The van der Waals surface area contributed by atoms with Gasteiger partial charge in [0.1, 0.15) is 0 Å². The molecule has 0 heterocycles. The number of aryl methyl sites for hydroxylation is 1. The summed E-state index contributed by atoms with van der Waals surface area (Å²) in [6.45, 7) is 9.93. The lowest BCUT2D eigenvalue weighted by Gasteiger charge is -2.08. The average Bonchev–Trinajstić information content (AvgIpc) is 2.29. The van der Waals surface area contributed by atoms with E-state index in [9.17, 15) is 0 Å². The molecule has 0 spiro atoms. The molecule has 98 valence electrons. The van der Waals surface area contributed by atoms with Crippen molar-refractivity contribution in [2.24, 2.45) is 0 Å². The minimum absolute atomic E-state index is 0.164. The van der Waals surface area contributed by atoms with Crippen molar-refractivity contribution in [2.45, 2.75) is 59.7 Å². The van der Waals surface area contributed by atoms with Crippen LogP contribution in [0.4, 0.5) is 0 Å². The summed E-state index contributed by atoms with van der Waals surface area (Å²) < 4.78 is 0. The Kier molecular flexibility index (Phi) is 9.78. The van der Waals surface area contributed by atoms with Crippen molar-refractivity contribution in [1.82, 2.24) is 0 Å². The second-order valence-electron chi connectivity index (χ2n) is 4.53. The Morgan fingerprint density at radius 1 is 0.882 bits per heavy atom. The molecule has 0 amide bonds. The third-order valence-electron chi connectivity index (χ3n) is 1.82. The van der Waals surface area contributed by atoms with Crippen LogP contribution in [0.15, 0.2) is 30.3 Å². The Bertz CT molecular complexity index is 247. The first-order valence-electron chi connectivity index (χ1n) is 6.42. The molecule has 0 atom stereocenters. The first kappa shape index (κ1) is 16.1. The maximum absolute atomic E-state index is 4.80. The number of benzene rings is 1. The Morgan fingerprint density at radius 2 is 1.35 bits per heavy atom. The zero-order chi connectivity index (χ0) is 13.1. The first-order chi connectivity index (χ1) is 8.06. The van der Waals surface area contributed by atoms with E-state index >= 15 is 0 Å². The van der Waals surface area contributed by atoms with Crippen LogP contribution in [0.25, 0.3) is 0 Å². The van der Waals surface area contributed by atoms with E-state index < -0.39 is 0 Å². The second kappa shape index (κ2) is 10.3. The Labute approximate surface area is 106 Å². The molecule has 0 fully saturated rings. The van der Waals surface area contributed by atoms with Crippen LogP contribution in [-0.4, -0.2) is 12.2 Å². The van der Waals surface area contributed by atoms with Gasteiger partial charge in [0, 0.05) is 0 Å². The van der Waals surface area contributed by atoms with Gasteiger partial charge in [-0.1, -0.05) is 43.7 Å². The molecule has 0 bridgehead atoms. The molecule has 0 aromatic heterocycles. The van der Waals surface area contributed by atoms with Gasteiger partial charge < -0.3 is 0 Å². The van der Waals surface area contributed by atoms with Gasteiger partial charge in [0.2, 0.25) is 0 Å². The van der Waals surface area contributed by atoms with Crippen molar-refractivity contribution in [2.75, 3.05) is 0 Å². The topological polar surface area (TPSA) is 18.5 Å². The van der Waals surface area contributed by atoms with Gasteiger partial charge in [-0.3, -0.25) is 0 Å². The van der Waals surface area contributed by atoms with Crippen LogP contribution in [0.3, 0.4) is 0 Å². The van der Waals surface area contributed by atoms with E-state index in [1.807, 2.05) is 27.7 Å². The Morgan fingerprint density at radius 3 is 1.71 bits per heavy atom. The molecule has 2 nitrogen and oxygen atoms in total. The smallest absolute Gasteiger partial charge is 0.0874 e. The van der Waals surface area contributed by atoms with Crippen molar-refractivity contribution < 1.29 is 9.78 Å². The lowest BCUT2D eigenvalue weighted by atomic mass is 10.1. The monoisotopic (exact) mass is 238 g/mol. The summed E-state index contributed by atoms with van der Waals surface area (Å²) in [6, 6.07) is 10.6. The molecule has 2 heteroatoms. The minimum atomic E-state index is 0.164. The fourth-order valence-electron chi connectivity index (χ4n) is 1.16. The van der Waals surface area contributed by atoms with Crippen LogP contribution in [0.2, 0.25) is 0 Å². The molecule has 0 aliphatic rings. The van der Waals surface area contributed by atoms with Gasteiger partial charge in [-0.15, -0.1) is 0 Å². The zero-order valence-corrected chi connectivity index (χ0v) is 11.8. The predicted molar refractivity (Wildman–Crippen MR) is 72.9 cm³/mol. The summed E-state index contributed by atoms with van der Waals surface area (Å²) in [5.74, 6) is 0. The summed E-state index contributed by atoms with van der Waals surface area (Å²) in [5, 5.41) is 0. The standard InChI is InChI=1S/C9H12.C6H14O2/c1-2-6-9-7-4-3-5-8-9;1-5(2)7-8-6(3)4/h3-5,7-8H,2,6H2,1H3;5-6H,1-4H3. The van der Waals surface area contributed by atoms with E-state index in [4.69, 9.17) is 9.78 Å². The third kappa shape index (κ3) is 11.4. The van der Waals surface area contributed by atoms with Crippen molar-refractivity contribution in [1.29, 1.82) is 0 Å². The van der Waals surface area contributed by atoms with Gasteiger partial charge in [0.15, 0.2) is 0 Å². The normalized spacial score (nSPS) is 10.3. The zero-order valence-electron chi connectivity index (χ0n) is 11.8. The van der Waals surface area contributed by atoms with Crippen LogP contribution >= 0.6 is 0 Å². The van der Waals surface area contributed by atoms with Gasteiger partial charge >= 0.3 is 0 Å². The van der Waals surface area contributed by atoms with E-state index in [1.54, 1.807) is 0 Å². The van der Waals surface area contributed by atoms with Gasteiger partial charge in [-0.2, -0.15) is 0 Å². The minimum Gasteiger partial charge on any atom is -0.234 e. The second-order valence-corrected chi connectivity index (χ2v) is 4.53. The Hall–Kier alpha value is -0.860. The highest BCUT2D eigenvalue weighted by molar-refractivity contribution is 5.14. The van der Waals surface area contributed by atoms with Crippen molar-refractivity contribution >= 4 is 0 Å². The summed E-state index contributed by atoms with van der Waals surface area (Å²) in [4.78, 5) is 9.61. The van der Waals surface area contributed by atoms with E-state index in [1.165, 1.54) is 18.4 Å². The maximum Gasteiger partial charge on any atom is 0.0874 e. The quantitative estimate of drug-likeness (QED) is 0.559. The molecule has 0 aliphatic heterocycles. The molecule has 0 unspecified atom stereocenters. The van der Waals surface area contributed by atoms with Crippen LogP contribution in [0, 0.1) is 0 Å². The van der Waals surface area contributed by atoms with Gasteiger partial charge in [-0.05, 0) is 39.7 Å². The van der Waals surface area contributed by atoms with Crippen molar-refractivity contribution in [3.63, 3.8) is 0 Å². The average molecular weight is 238 g/mol. The molecular weight excluding hydrogens is 212 g/mol. The van der Waals surface area contributed by atoms with E-state index in [0.29, 0.717) is 0 Å². The fraction of sp³-hybridized carbons (Fsp3) is 0.600. The molecule has 1 aromatic rings.